The van der Waals surface area contributed by atoms with Crippen molar-refractivity contribution in [3.63, 3.8) is 0 Å². The first-order valence-electron chi connectivity index (χ1n) is 7.92. The van der Waals surface area contributed by atoms with E-state index in [1.807, 2.05) is 14.0 Å². The number of methoxy groups -OCH3 is 1. The highest BCUT2D eigenvalue weighted by Gasteiger charge is 2.48. The Morgan fingerprint density at radius 1 is 1.36 bits per heavy atom. The first kappa shape index (κ1) is 16.0. The lowest BCUT2D eigenvalue weighted by molar-refractivity contribution is -0.0185. The van der Waals surface area contributed by atoms with E-state index in [0.717, 1.165) is 32.1 Å². The van der Waals surface area contributed by atoms with Gasteiger partial charge in [-0.3, -0.25) is 0 Å². The summed E-state index contributed by atoms with van der Waals surface area (Å²) < 4.78 is 34.8. The van der Waals surface area contributed by atoms with E-state index in [1.165, 1.54) is 0 Å². The molecule has 2 fully saturated rings. The molecule has 0 radical (unpaired) electrons. The molecule has 3 rings (SSSR count). The average molecular weight is 327 g/mol. The fraction of sp³-hybridized carbons (Fsp3) is 0.800. The second kappa shape index (κ2) is 5.62. The van der Waals surface area contributed by atoms with Gasteiger partial charge in [0, 0.05) is 38.9 Å². The van der Waals surface area contributed by atoms with Gasteiger partial charge in [-0.05, 0) is 32.6 Å². The topological polar surface area (TPSA) is 64.4 Å². The van der Waals surface area contributed by atoms with Crippen molar-refractivity contribution in [2.75, 3.05) is 20.2 Å². The van der Waals surface area contributed by atoms with Gasteiger partial charge in [-0.2, -0.15) is 4.31 Å². The molecule has 2 atom stereocenters. The van der Waals surface area contributed by atoms with Crippen LogP contribution >= 0.6 is 0 Å². The molecule has 1 spiro atoms. The molecule has 1 aromatic heterocycles. The minimum absolute atomic E-state index is 0.0100. The Morgan fingerprint density at radius 2 is 2.09 bits per heavy atom. The Labute approximate surface area is 132 Å². The maximum Gasteiger partial charge on any atom is 0.262 e. The summed E-state index contributed by atoms with van der Waals surface area (Å²) in [5, 5.41) is 0.163. The molecule has 2 heterocycles. The Hall–Kier alpha value is -0.920. The van der Waals surface area contributed by atoms with Gasteiger partial charge in [0.2, 0.25) is 0 Å². The third-order valence-corrected chi connectivity index (χ3v) is 7.09. The molecule has 1 aliphatic carbocycles. The van der Waals surface area contributed by atoms with Crippen molar-refractivity contribution in [2.45, 2.75) is 50.2 Å². The summed E-state index contributed by atoms with van der Waals surface area (Å²) in [7, 11) is 0.0468. The minimum Gasteiger partial charge on any atom is -0.381 e. The number of hydrogen-bond acceptors (Lipinski definition) is 4. The molecule has 1 saturated carbocycles. The number of aromatic nitrogens is 2. The maximum absolute atomic E-state index is 12.9. The van der Waals surface area contributed by atoms with E-state index in [0.29, 0.717) is 18.9 Å². The molecule has 1 saturated heterocycles. The van der Waals surface area contributed by atoms with Gasteiger partial charge in [0.1, 0.15) is 5.82 Å². The molecule has 2 aliphatic rings. The van der Waals surface area contributed by atoms with E-state index in [1.54, 1.807) is 22.2 Å². The molecule has 6 nitrogen and oxygen atoms in total. The van der Waals surface area contributed by atoms with Crippen LogP contribution in [0.1, 0.15) is 37.9 Å². The van der Waals surface area contributed by atoms with E-state index >= 15 is 0 Å². The lowest BCUT2D eigenvalue weighted by Crippen LogP contribution is -2.49. The zero-order valence-electron chi connectivity index (χ0n) is 13.6. The molecule has 7 heteroatoms. The third-order valence-electron chi connectivity index (χ3n) is 5.37. The Morgan fingerprint density at radius 3 is 2.73 bits per heavy atom. The van der Waals surface area contributed by atoms with E-state index < -0.39 is 10.0 Å². The van der Waals surface area contributed by atoms with Gasteiger partial charge in [0.15, 0.2) is 5.03 Å². The first-order valence-corrected chi connectivity index (χ1v) is 9.36. The van der Waals surface area contributed by atoms with E-state index in [-0.39, 0.29) is 16.5 Å². The number of nitrogens with zero attached hydrogens (tertiary/aromatic N) is 3. The molecule has 124 valence electrons. The van der Waals surface area contributed by atoms with Crippen molar-refractivity contribution >= 4 is 10.0 Å². The predicted molar refractivity (Wildman–Crippen MR) is 83.0 cm³/mol. The number of hydrogen-bond donors (Lipinski definition) is 0. The fourth-order valence-electron chi connectivity index (χ4n) is 4.05. The SMILES string of the molecule is CO[C@@H]1CCC[C@]12CCCN(S(=O)(=O)c1cn(C)c(C)n1)C2. The van der Waals surface area contributed by atoms with Crippen molar-refractivity contribution in [3.8, 4) is 0 Å². The highest BCUT2D eigenvalue weighted by atomic mass is 32.2. The normalized spacial score (nSPS) is 30.2. The number of rotatable bonds is 3. The van der Waals surface area contributed by atoms with Crippen molar-refractivity contribution < 1.29 is 13.2 Å². The van der Waals surface area contributed by atoms with Crippen molar-refractivity contribution in [1.82, 2.24) is 13.9 Å². The summed E-state index contributed by atoms with van der Waals surface area (Å²) in [4.78, 5) is 4.21. The minimum atomic E-state index is -3.51. The van der Waals surface area contributed by atoms with E-state index in [2.05, 4.69) is 4.98 Å². The van der Waals surface area contributed by atoms with Gasteiger partial charge in [0.05, 0.1) is 6.10 Å². The summed E-state index contributed by atoms with van der Waals surface area (Å²) in [6.45, 7) is 2.95. The van der Waals surface area contributed by atoms with Crippen LogP contribution < -0.4 is 0 Å². The van der Waals surface area contributed by atoms with Crippen LogP contribution in [0.5, 0.6) is 0 Å². The predicted octanol–water partition coefficient (Wildman–Crippen LogP) is 1.70. The second-order valence-corrected chi connectivity index (χ2v) is 8.54. The summed E-state index contributed by atoms with van der Waals surface area (Å²) in [5.74, 6) is 0.709. The largest absolute Gasteiger partial charge is 0.381 e. The lowest BCUT2D eigenvalue weighted by atomic mass is 9.77. The van der Waals surface area contributed by atoms with Crippen molar-refractivity contribution in [3.05, 3.63) is 12.0 Å². The quantitative estimate of drug-likeness (QED) is 0.847. The van der Waals surface area contributed by atoms with Gasteiger partial charge in [-0.15, -0.1) is 0 Å². The number of sulfonamides is 1. The van der Waals surface area contributed by atoms with Crippen LogP contribution in [0.15, 0.2) is 11.2 Å². The van der Waals surface area contributed by atoms with Crippen LogP contribution in [0.3, 0.4) is 0 Å². The standard InChI is InChI=1S/C15H25N3O3S/c1-12-16-14(10-17(12)2)22(19,20)18-9-5-8-15(11-18)7-4-6-13(15)21-3/h10,13H,4-9,11H2,1-3H3/t13-,15-/m1/s1. The summed E-state index contributed by atoms with van der Waals surface area (Å²) in [5.41, 5.74) is -0.0100. The molecule has 22 heavy (non-hydrogen) atoms. The van der Waals surface area contributed by atoms with Gasteiger partial charge in [-0.25, -0.2) is 13.4 Å². The van der Waals surface area contributed by atoms with Crippen LogP contribution in [-0.4, -0.2) is 48.6 Å². The Kier molecular flexibility index (Phi) is 4.07. The number of ether oxygens (including phenoxy) is 1. The van der Waals surface area contributed by atoms with Crippen LogP contribution in [-0.2, 0) is 21.8 Å². The monoisotopic (exact) mass is 327 g/mol. The van der Waals surface area contributed by atoms with Gasteiger partial charge in [-0.1, -0.05) is 6.42 Å². The number of imidazole rings is 1. The molecule has 0 aromatic carbocycles. The van der Waals surface area contributed by atoms with Gasteiger partial charge in [0.25, 0.3) is 10.0 Å². The summed E-state index contributed by atoms with van der Waals surface area (Å²) in [6, 6.07) is 0. The van der Waals surface area contributed by atoms with Crippen molar-refractivity contribution in [1.29, 1.82) is 0 Å². The van der Waals surface area contributed by atoms with Crippen LogP contribution in [0.4, 0.5) is 0 Å². The zero-order valence-corrected chi connectivity index (χ0v) is 14.4. The summed E-state index contributed by atoms with van der Waals surface area (Å²) >= 11 is 0. The van der Waals surface area contributed by atoms with Gasteiger partial charge >= 0.3 is 0 Å². The van der Waals surface area contributed by atoms with Crippen LogP contribution in [0.2, 0.25) is 0 Å². The van der Waals surface area contributed by atoms with E-state index in [4.69, 9.17) is 4.74 Å². The van der Waals surface area contributed by atoms with Crippen LogP contribution in [0.25, 0.3) is 0 Å². The molecule has 1 aromatic rings. The van der Waals surface area contributed by atoms with Gasteiger partial charge < -0.3 is 9.30 Å². The molecule has 0 bridgehead atoms. The first-order chi connectivity index (χ1) is 10.4. The highest BCUT2D eigenvalue weighted by molar-refractivity contribution is 7.89. The maximum atomic E-state index is 12.9. The summed E-state index contributed by atoms with van der Waals surface area (Å²) in [6.07, 6.45) is 6.94. The van der Waals surface area contributed by atoms with Crippen LogP contribution in [0, 0.1) is 12.3 Å². The lowest BCUT2D eigenvalue weighted by Gasteiger charge is -2.42. The fourth-order valence-corrected chi connectivity index (χ4v) is 5.65. The molecule has 0 N–H and O–H groups in total. The number of piperidine rings is 1. The molecular weight excluding hydrogens is 302 g/mol. The molecule has 0 amide bonds. The zero-order chi connectivity index (χ0) is 16.0. The van der Waals surface area contributed by atoms with Crippen molar-refractivity contribution in [2.24, 2.45) is 12.5 Å². The molecule has 1 aliphatic heterocycles. The third kappa shape index (κ3) is 2.49. The molecular formula is C15H25N3O3S. The smallest absolute Gasteiger partial charge is 0.262 e. The average Bonchev–Trinajstić information content (AvgIpc) is 3.03. The second-order valence-electron chi connectivity index (χ2n) is 6.66. The highest BCUT2D eigenvalue weighted by Crippen LogP contribution is 2.47. The van der Waals surface area contributed by atoms with E-state index in [9.17, 15) is 8.42 Å². The Bertz CT molecular complexity index is 635. The number of aryl methyl sites for hydroxylation is 2. The molecule has 0 unspecified atom stereocenters. The Balaban J connectivity index is 1.88.